The van der Waals surface area contributed by atoms with Crippen LogP contribution in [0.25, 0.3) is 0 Å². The van der Waals surface area contributed by atoms with Crippen molar-refractivity contribution in [1.82, 2.24) is 20.0 Å². The minimum Gasteiger partial charge on any atom is -0.396 e. The first kappa shape index (κ1) is 12.8. The van der Waals surface area contributed by atoms with Crippen LogP contribution in [0.3, 0.4) is 0 Å². The zero-order chi connectivity index (χ0) is 13.0. The monoisotopic (exact) mass is 253 g/mol. The molecule has 7 heteroatoms. The Balaban J connectivity index is 1.76. The third-order valence-corrected chi connectivity index (χ3v) is 2.89. The van der Waals surface area contributed by atoms with Gasteiger partial charge in [0.2, 0.25) is 0 Å². The Kier molecular flexibility index (Phi) is 4.16. The molecule has 0 aromatic carbocycles. The summed E-state index contributed by atoms with van der Waals surface area (Å²) in [7, 11) is 1.74. The number of nitrogens with two attached hydrogens (primary N) is 1. The fourth-order valence-corrected chi connectivity index (χ4v) is 1.92. The molecule has 7 nitrogen and oxygen atoms in total. The van der Waals surface area contributed by atoms with Gasteiger partial charge in [-0.1, -0.05) is 0 Å². The summed E-state index contributed by atoms with van der Waals surface area (Å²) in [5.74, 6) is -0.221. The van der Waals surface area contributed by atoms with E-state index in [1.54, 1.807) is 13.2 Å². The van der Waals surface area contributed by atoms with Crippen molar-refractivity contribution in [2.75, 3.05) is 45.1 Å². The number of ether oxygens (including phenoxy) is 1. The Morgan fingerprint density at radius 2 is 2.28 bits per heavy atom. The lowest BCUT2D eigenvalue weighted by atomic mass is 10.3. The van der Waals surface area contributed by atoms with Crippen LogP contribution in [0.15, 0.2) is 6.20 Å². The highest BCUT2D eigenvalue weighted by molar-refractivity contribution is 5.96. The van der Waals surface area contributed by atoms with Gasteiger partial charge < -0.3 is 15.8 Å². The third kappa shape index (κ3) is 3.21. The Labute approximate surface area is 106 Å². The number of nitrogens with one attached hydrogen (secondary N) is 1. The highest BCUT2D eigenvalue weighted by Crippen LogP contribution is 2.07. The molecule has 18 heavy (non-hydrogen) atoms. The summed E-state index contributed by atoms with van der Waals surface area (Å²) in [6.07, 6.45) is 1.62. The SMILES string of the molecule is Cn1cc(N)c(C(=O)NCCN2CCOCC2)n1. The van der Waals surface area contributed by atoms with Crippen molar-refractivity contribution < 1.29 is 9.53 Å². The van der Waals surface area contributed by atoms with Gasteiger partial charge in [0.25, 0.3) is 5.91 Å². The van der Waals surface area contributed by atoms with Gasteiger partial charge in [-0.2, -0.15) is 5.10 Å². The van der Waals surface area contributed by atoms with E-state index in [1.807, 2.05) is 0 Å². The van der Waals surface area contributed by atoms with Crippen LogP contribution in [0.2, 0.25) is 0 Å². The second-order valence-corrected chi connectivity index (χ2v) is 4.32. The average molecular weight is 253 g/mol. The van der Waals surface area contributed by atoms with E-state index in [9.17, 15) is 4.79 Å². The van der Waals surface area contributed by atoms with E-state index >= 15 is 0 Å². The topological polar surface area (TPSA) is 85.4 Å². The van der Waals surface area contributed by atoms with Crippen molar-refractivity contribution >= 4 is 11.6 Å². The molecule has 0 radical (unpaired) electrons. The van der Waals surface area contributed by atoms with Gasteiger partial charge in [-0.3, -0.25) is 14.4 Å². The van der Waals surface area contributed by atoms with Gasteiger partial charge in [-0.25, -0.2) is 0 Å². The molecule has 0 spiro atoms. The van der Waals surface area contributed by atoms with Crippen molar-refractivity contribution in [3.8, 4) is 0 Å². The molecule has 1 aliphatic rings. The van der Waals surface area contributed by atoms with E-state index in [0.717, 1.165) is 32.8 Å². The molecule has 100 valence electrons. The van der Waals surface area contributed by atoms with Crippen molar-refractivity contribution in [1.29, 1.82) is 0 Å². The van der Waals surface area contributed by atoms with E-state index in [2.05, 4.69) is 15.3 Å². The van der Waals surface area contributed by atoms with Crippen molar-refractivity contribution in [2.45, 2.75) is 0 Å². The Hall–Kier alpha value is -1.60. The fourth-order valence-electron chi connectivity index (χ4n) is 1.92. The smallest absolute Gasteiger partial charge is 0.273 e. The number of carbonyl (C=O) groups is 1. The van der Waals surface area contributed by atoms with Crippen LogP contribution >= 0.6 is 0 Å². The van der Waals surface area contributed by atoms with Crippen LogP contribution in [0.1, 0.15) is 10.5 Å². The Bertz CT molecular complexity index is 412. The molecular weight excluding hydrogens is 234 g/mol. The van der Waals surface area contributed by atoms with Crippen LogP contribution in [0.4, 0.5) is 5.69 Å². The predicted octanol–water partition coefficient (Wildman–Crippen LogP) is -0.936. The average Bonchev–Trinajstić information content (AvgIpc) is 2.70. The lowest BCUT2D eigenvalue weighted by Gasteiger charge is -2.26. The molecule has 2 heterocycles. The highest BCUT2D eigenvalue weighted by Gasteiger charge is 2.14. The summed E-state index contributed by atoms with van der Waals surface area (Å²) in [6.45, 7) is 4.78. The maximum Gasteiger partial charge on any atom is 0.273 e. The molecule has 1 amide bonds. The molecule has 1 aromatic rings. The number of morpholine rings is 1. The Morgan fingerprint density at radius 1 is 1.56 bits per heavy atom. The summed E-state index contributed by atoms with van der Waals surface area (Å²) in [5.41, 5.74) is 6.38. The molecule has 0 unspecified atom stereocenters. The number of hydrogen-bond acceptors (Lipinski definition) is 5. The van der Waals surface area contributed by atoms with Crippen molar-refractivity contribution in [2.24, 2.45) is 7.05 Å². The number of aryl methyl sites for hydroxylation is 1. The Morgan fingerprint density at radius 3 is 2.89 bits per heavy atom. The van der Waals surface area contributed by atoms with Crippen LogP contribution in [-0.4, -0.2) is 60.0 Å². The number of anilines is 1. The first-order valence-corrected chi connectivity index (χ1v) is 6.04. The van der Waals surface area contributed by atoms with Crippen LogP contribution < -0.4 is 11.1 Å². The van der Waals surface area contributed by atoms with Gasteiger partial charge in [0.05, 0.1) is 18.9 Å². The largest absolute Gasteiger partial charge is 0.396 e. The minimum atomic E-state index is -0.221. The first-order chi connectivity index (χ1) is 8.66. The van der Waals surface area contributed by atoms with Gasteiger partial charge >= 0.3 is 0 Å². The zero-order valence-corrected chi connectivity index (χ0v) is 10.6. The van der Waals surface area contributed by atoms with Crippen LogP contribution in [0, 0.1) is 0 Å². The lowest BCUT2D eigenvalue weighted by molar-refractivity contribution is 0.0383. The number of aromatic nitrogens is 2. The molecule has 1 fully saturated rings. The van der Waals surface area contributed by atoms with Crippen LogP contribution in [0.5, 0.6) is 0 Å². The number of carbonyl (C=O) groups excluding carboxylic acids is 1. The number of rotatable bonds is 4. The van der Waals surface area contributed by atoms with E-state index in [0.29, 0.717) is 17.9 Å². The number of nitrogen functional groups attached to an aromatic ring is 1. The normalized spacial score (nSPS) is 16.7. The number of nitrogens with zero attached hydrogens (tertiary/aromatic N) is 3. The highest BCUT2D eigenvalue weighted by atomic mass is 16.5. The molecule has 0 atom stereocenters. The van der Waals surface area contributed by atoms with E-state index in [1.165, 1.54) is 4.68 Å². The maximum atomic E-state index is 11.8. The molecule has 3 N–H and O–H groups in total. The molecule has 0 aliphatic carbocycles. The number of hydrogen-bond donors (Lipinski definition) is 2. The summed E-state index contributed by atoms with van der Waals surface area (Å²) < 4.78 is 6.79. The predicted molar refractivity (Wildman–Crippen MR) is 67.2 cm³/mol. The van der Waals surface area contributed by atoms with Crippen LogP contribution in [-0.2, 0) is 11.8 Å². The second-order valence-electron chi connectivity index (χ2n) is 4.32. The van der Waals surface area contributed by atoms with Gasteiger partial charge in [-0.05, 0) is 0 Å². The fraction of sp³-hybridized carbons (Fsp3) is 0.636. The van der Waals surface area contributed by atoms with Gasteiger partial charge in [0, 0.05) is 39.4 Å². The lowest BCUT2D eigenvalue weighted by Crippen LogP contribution is -2.41. The van der Waals surface area contributed by atoms with Gasteiger partial charge in [0.1, 0.15) is 0 Å². The molecule has 1 aliphatic heterocycles. The summed E-state index contributed by atoms with van der Waals surface area (Å²) in [4.78, 5) is 14.1. The van der Waals surface area contributed by atoms with Crippen molar-refractivity contribution in [3.63, 3.8) is 0 Å². The minimum absolute atomic E-state index is 0.221. The van der Waals surface area contributed by atoms with Gasteiger partial charge in [-0.15, -0.1) is 0 Å². The van der Waals surface area contributed by atoms with Crippen molar-refractivity contribution in [3.05, 3.63) is 11.9 Å². The van der Waals surface area contributed by atoms with E-state index in [-0.39, 0.29) is 5.91 Å². The summed E-state index contributed by atoms with van der Waals surface area (Å²) in [6, 6.07) is 0. The quantitative estimate of drug-likeness (QED) is 0.723. The maximum absolute atomic E-state index is 11.8. The molecule has 0 saturated carbocycles. The summed E-state index contributed by atoms with van der Waals surface area (Å²) >= 11 is 0. The second kappa shape index (κ2) is 5.83. The van der Waals surface area contributed by atoms with E-state index in [4.69, 9.17) is 10.5 Å². The zero-order valence-electron chi connectivity index (χ0n) is 10.6. The number of amides is 1. The third-order valence-electron chi connectivity index (χ3n) is 2.89. The molecule has 1 saturated heterocycles. The van der Waals surface area contributed by atoms with Gasteiger partial charge in [0.15, 0.2) is 5.69 Å². The molecule has 0 bridgehead atoms. The molecular formula is C11H19N5O2. The summed E-state index contributed by atoms with van der Waals surface area (Å²) in [5, 5.41) is 6.84. The van der Waals surface area contributed by atoms with E-state index < -0.39 is 0 Å². The standard InChI is InChI=1S/C11H19N5O2/c1-15-8-9(12)10(14-15)11(17)13-2-3-16-4-6-18-7-5-16/h8H,2-7,12H2,1H3,(H,13,17). The molecule has 2 rings (SSSR count). The molecule has 1 aromatic heterocycles. The first-order valence-electron chi connectivity index (χ1n) is 6.04.